The number of hydrogen-bond donors (Lipinski definition) is 2. The van der Waals surface area contributed by atoms with E-state index in [1.807, 2.05) is 0 Å². The fourth-order valence-corrected chi connectivity index (χ4v) is 1.91. The van der Waals surface area contributed by atoms with Crippen molar-refractivity contribution in [1.82, 2.24) is 14.9 Å². The first kappa shape index (κ1) is 10.1. The van der Waals surface area contributed by atoms with E-state index < -0.39 is 0 Å². The summed E-state index contributed by atoms with van der Waals surface area (Å²) in [5, 5.41) is 18.5. The molecule has 1 aromatic heterocycles. The van der Waals surface area contributed by atoms with Crippen LogP contribution in [0.2, 0.25) is 0 Å². The van der Waals surface area contributed by atoms with Gasteiger partial charge in [-0.25, -0.2) is 4.98 Å². The number of nitriles is 1. The highest BCUT2D eigenvalue weighted by Crippen LogP contribution is 2.22. The second-order valence-corrected chi connectivity index (χ2v) is 3.81. The van der Waals surface area contributed by atoms with Gasteiger partial charge in [-0.3, -0.25) is 4.90 Å². The predicted molar refractivity (Wildman–Crippen MR) is 53.8 cm³/mol. The summed E-state index contributed by atoms with van der Waals surface area (Å²) in [6.07, 6.45) is 4.54. The standard InChI is InChI=1S/C10H14N4O/c11-5-10(9-6-12-7-13-9)14-3-1-8(15)2-4-14/h6-8,10,15H,1-4H2,(H,12,13). The van der Waals surface area contributed by atoms with Gasteiger partial charge in [0.15, 0.2) is 0 Å². The Balaban J connectivity index is 2.05. The molecule has 80 valence electrons. The van der Waals surface area contributed by atoms with Crippen LogP contribution in [-0.4, -0.2) is 39.2 Å². The Hall–Kier alpha value is -1.38. The third-order valence-corrected chi connectivity index (χ3v) is 2.80. The molecular weight excluding hydrogens is 192 g/mol. The van der Waals surface area contributed by atoms with E-state index in [0.29, 0.717) is 0 Å². The Morgan fingerprint density at radius 1 is 1.60 bits per heavy atom. The van der Waals surface area contributed by atoms with Crippen LogP contribution in [0.3, 0.4) is 0 Å². The topological polar surface area (TPSA) is 75.9 Å². The van der Waals surface area contributed by atoms with E-state index in [1.165, 1.54) is 0 Å². The number of piperidine rings is 1. The zero-order chi connectivity index (χ0) is 10.7. The minimum Gasteiger partial charge on any atom is -0.393 e. The number of aliphatic hydroxyl groups is 1. The molecule has 1 fully saturated rings. The van der Waals surface area contributed by atoms with Crippen molar-refractivity contribution in [3.8, 4) is 6.07 Å². The third kappa shape index (κ3) is 2.17. The van der Waals surface area contributed by atoms with Gasteiger partial charge < -0.3 is 10.1 Å². The first-order chi connectivity index (χ1) is 7.31. The molecule has 0 saturated carbocycles. The summed E-state index contributed by atoms with van der Waals surface area (Å²) in [5.74, 6) is 0. The Bertz CT molecular complexity index is 335. The van der Waals surface area contributed by atoms with Gasteiger partial charge >= 0.3 is 0 Å². The number of likely N-dealkylation sites (tertiary alicyclic amines) is 1. The van der Waals surface area contributed by atoms with Crippen molar-refractivity contribution in [2.75, 3.05) is 13.1 Å². The van der Waals surface area contributed by atoms with Crippen LogP contribution >= 0.6 is 0 Å². The quantitative estimate of drug-likeness (QED) is 0.735. The lowest BCUT2D eigenvalue weighted by Gasteiger charge is -2.32. The SMILES string of the molecule is N#CC(c1cnc[nH]1)N1CCC(O)CC1. The molecular formula is C10H14N4O. The smallest absolute Gasteiger partial charge is 0.140 e. The maximum Gasteiger partial charge on any atom is 0.140 e. The predicted octanol–water partition coefficient (Wildman–Crippen LogP) is 0.431. The van der Waals surface area contributed by atoms with Gasteiger partial charge in [0, 0.05) is 13.1 Å². The zero-order valence-electron chi connectivity index (χ0n) is 8.43. The molecule has 2 N–H and O–H groups in total. The van der Waals surface area contributed by atoms with E-state index in [1.54, 1.807) is 12.5 Å². The van der Waals surface area contributed by atoms with Crippen molar-refractivity contribution >= 4 is 0 Å². The van der Waals surface area contributed by atoms with E-state index in [9.17, 15) is 5.11 Å². The fraction of sp³-hybridized carbons (Fsp3) is 0.600. The monoisotopic (exact) mass is 206 g/mol. The number of nitrogens with zero attached hydrogens (tertiary/aromatic N) is 3. The summed E-state index contributed by atoms with van der Waals surface area (Å²) in [5.41, 5.74) is 0.828. The van der Waals surface area contributed by atoms with Crippen molar-refractivity contribution in [2.24, 2.45) is 0 Å². The lowest BCUT2D eigenvalue weighted by atomic mass is 10.1. The minimum absolute atomic E-state index is 0.206. The summed E-state index contributed by atoms with van der Waals surface area (Å²) in [6, 6.07) is 2.00. The van der Waals surface area contributed by atoms with Crippen LogP contribution in [-0.2, 0) is 0 Å². The van der Waals surface area contributed by atoms with E-state index in [-0.39, 0.29) is 12.1 Å². The van der Waals surface area contributed by atoms with Crippen LogP contribution in [0, 0.1) is 11.3 Å². The maximum absolute atomic E-state index is 9.38. The van der Waals surface area contributed by atoms with Crippen LogP contribution in [0.4, 0.5) is 0 Å². The van der Waals surface area contributed by atoms with Crippen molar-refractivity contribution in [1.29, 1.82) is 5.26 Å². The lowest BCUT2D eigenvalue weighted by Crippen LogP contribution is -2.38. The highest BCUT2D eigenvalue weighted by atomic mass is 16.3. The van der Waals surface area contributed by atoms with Gasteiger partial charge in [-0.1, -0.05) is 0 Å². The maximum atomic E-state index is 9.38. The van der Waals surface area contributed by atoms with Crippen molar-refractivity contribution < 1.29 is 5.11 Å². The molecule has 0 radical (unpaired) electrons. The first-order valence-electron chi connectivity index (χ1n) is 5.11. The number of nitrogens with one attached hydrogen (secondary N) is 1. The molecule has 15 heavy (non-hydrogen) atoms. The van der Waals surface area contributed by atoms with Crippen LogP contribution in [0.15, 0.2) is 12.5 Å². The second-order valence-electron chi connectivity index (χ2n) is 3.81. The average molecular weight is 206 g/mol. The van der Waals surface area contributed by atoms with Crippen LogP contribution < -0.4 is 0 Å². The molecule has 5 heteroatoms. The summed E-state index contributed by atoms with van der Waals surface area (Å²) in [7, 11) is 0. The van der Waals surface area contributed by atoms with Crippen molar-refractivity contribution in [2.45, 2.75) is 25.0 Å². The Labute approximate surface area is 88.4 Å². The van der Waals surface area contributed by atoms with Gasteiger partial charge in [0.05, 0.1) is 30.4 Å². The van der Waals surface area contributed by atoms with Gasteiger partial charge in [-0.05, 0) is 12.8 Å². The molecule has 5 nitrogen and oxygen atoms in total. The minimum atomic E-state index is -0.264. The number of H-pyrrole nitrogens is 1. The first-order valence-corrected chi connectivity index (χ1v) is 5.11. The van der Waals surface area contributed by atoms with Crippen LogP contribution in [0.5, 0.6) is 0 Å². The molecule has 0 aliphatic carbocycles. The Morgan fingerprint density at radius 3 is 2.87 bits per heavy atom. The summed E-state index contributed by atoms with van der Waals surface area (Å²) in [6.45, 7) is 1.52. The summed E-state index contributed by atoms with van der Waals surface area (Å²) < 4.78 is 0. The normalized spacial score (nSPS) is 21.1. The van der Waals surface area contributed by atoms with Gasteiger partial charge in [0.1, 0.15) is 6.04 Å². The van der Waals surface area contributed by atoms with Gasteiger partial charge in [0.25, 0.3) is 0 Å². The van der Waals surface area contributed by atoms with Crippen molar-refractivity contribution in [3.63, 3.8) is 0 Å². The molecule has 1 aliphatic heterocycles. The number of aromatic nitrogens is 2. The highest BCUT2D eigenvalue weighted by Gasteiger charge is 2.25. The van der Waals surface area contributed by atoms with E-state index in [0.717, 1.165) is 31.6 Å². The summed E-state index contributed by atoms with van der Waals surface area (Å²) in [4.78, 5) is 8.95. The van der Waals surface area contributed by atoms with E-state index in [2.05, 4.69) is 20.9 Å². The molecule has 1 saturated heterocycles. The molecule has 1 atom stereocenters. The average Bonchev–Trinajstić information content (AvgIpc) is 2.75. The summed E-state index contributed by atoms with van der Waals surface area (Å²) >= 11 is 0. The number of aliphatic hydroxyl groups excluding tert-OH is 1. The Morgan fingerprint density at radius 2 is 2.33 bits per heavy atom. The lowest BCUT2D eigenvalue weighted by molar-refractivity contribution is 0.0710. The molecule has 0 bridgehead atoms. The van der Waals surface area contributed by atoms with Gasteiger partial charge in [0.2, 0.25) is 0 Å². The largest absolute Gasteiger partial charge is 0.393 e. The molecule has 0 spiro atoms. The van der Waals surface area contributed by atoms with Gasteiger partial charge in [-0.2, -0.15) is 5.26 Å². The molecule has 0 aromatic carbocycles. The molecule has 0 amide bonds. The number of rotatable bonds is 2. The Kier molecular flexibility index (Phi) is 2.99. The van der Waals surface area contributed by atoms with Crippen LogP contribution in [0.25, 0.3) is 0 Å². The number of hydrogen-bond acceptors (Lipinski definition) is 4. The highest BCUT2D eigenvalue weighted by molar-refractivity contribution is 5.12. The molecule has 1 aliphatic rings. The van der Waals surface area contributed by atoms with Crippen LogP contribution in [0.1, 0.15) is 24.6 Å². The van der Waals surface area contributed by atoms with E-state index in [4.69, 9.17) is 5.26 Å². The third-order valence-electron chi connectivity index (χ3n) is 2.80. The molecule has 2 rings (SSSR count). The van der Waals surface area contributed by atoms with Gasteiger partial charge in [-0.15, -0.1) is 0 Å². The second kappa shape index (κ2) is 4.43. The molecule has 1 aromatic rings. The molecule has 2 heterocycles. The zero-order valence-corrected chi connectivity index (χ0v) is 8.43. The fourth-order valence-electron chi connectivity index (χ4n) is 1.91. The van der Waals surface area contributed by atoms with E-state index >= 15 is 0 Å². The number of aromatic amines is 1. The van der Waals surface area contributed by atoms with Crippen molar-refractivity contribution in [3.05, 3.63) is 18.2 Å². The molecule has 1 unspecified atom stereocenters. The number of imidazole rings is 1.